The number of aromatic hydroxyl groups is 1. The summed E-state index contributed by atoms with van der Waals surface area (Å²) < 4.78 is 5.57. The van der Waals surface area contributed by atoms with Crippen molar-refractivity contribution in [1.29, 1.82) is 0 Å². The van der Waals surface area contributed by atoms with Crippen molar-refractivity contribution in [3.63, 3.8) is 0 Å². The van der Waals surface area contributed by atoms with Crippen molar-refractivity contribution in [3.05, 3.63) is 23.8 Å². The molecule has 0 heterocycles. The Morgan fingerprint density at radius 2 is 1.63 bits per heavy atom. The molecule has 0 saturated heterocycles. The van der Waals surface area contributed by atoms with Gasteiger partial charge in [-0.1, -0.05) is 51.5 Å². The van der Waals surface area contributed by atoms with E-state index in [9.17, 15) is 5.11 Å². The van der Waals surface area contributed by atoms with Gasteiger partial charge in [-0.2, -0.15) is 0 Å². The van der Waals surface area contributed by atoms with Crippen LogP contribution in [0.5, 0.6) is 11.5 Å². The maximum atomic E-state index is 9.91. The van der Waals surface area contributed by atoms with Crippen molar-refractivity contribution >= 4 is 0 Å². The minimum absolute atomic E-state index is 0.372. The number of unbranched alkanes of at least 4 members (excludes halogenated alkanes) is 6. The van der Waals surface area contributed by atoms with E-state index in [1.165, 1.54) is 38.5 Å². The van der Waals surface area contributed by atoms with Gasteiger partial charge in [0.2, 0.25) is 0 Å². The maximum Gasteiger partial charge on any atom is 0.126 e. The average molecular weight is 264 g/mol. The molecule has 0 atom stereocenters. The van der Waals surface area contributed by atoms with E-state index >= 15 is 0 Å². The predicted molar refractivity (Wildman–Crippen MR) is 81.0 cm³/mol. The van der Waals surface area contributed by atoms with Gasteiger partial charge in [-0.05, 0) is 31.9 Å². The highest BCUT2D eigenvalue weighted by molar-refractivity contribution is 5.43. The summed E-state index contributed by atoms with van der Waals surface area (Å²) >= 11 is 0. The summed E-state index contributed by atoms with van der Waals surface area (Å²) in [6.45, 7) is 4.86. The SMILES string of the molecule is CCCCCCCCCc1c(O)cccc1OCC. The summed E-state index contributed by atoms with van der Waals surface area (Å²) in [6.07, 6.45) is 9.94. The van der Waals surface area contributed by atoms with E-state index in [2.05, 4.69) is 6.92 Å². The zero-order valence-electron chi connectivity index (χ0n) is 12.5. The normalized spacial score (nSPS) is 10.6. The molecule has 0 amide bonds. The second-order valence-corrected chi connectivity index (χ2v) is 5.06. The third kappa shape index (κ3) is 6.00. The molecule has 1 N–H and O–H groups in total. The number of phenolic OH excluding ortho intramolecular Hbond substituents is 1. The molecular formula is C17H28O2. The molecule has 0 aliphatic rings. The van der Waals surface area contributed by atoms with Crippen molar-refractivity contribution in [2.45, 2.75) is 65.2 Å². The highest BCUT2D eigenvalue weighted by Gasteiger charge is 2.08. The van der Waals surface area contributed by atoms with Gasteiger partial charge >= 0.3 is 0 Å². The lowest BCUT2D eigenvalue weighted by atomic mass is 10.0. The molecule has 0 unspecified atom stereocenters. The van der Waals surface area contributed by atoms with E-state index in [1.807, 2.05) is 19.1 Å². The smallest absolute Gasteiger partial charge is 0.126 e. The Morgan fingerprint density at radius 3 is 2.32 bits per heavy atom. The number of ether oxygens (including phenoxy) is 1. The molecule has 0 radical (unpaired) electrons. The Bertz CT molecular complexity index is 347. The Balaban J connectivity index is 2.32. The summed E-state index contributed by atoms with van der Waals surface area (Å²) in [5.41, 5.74) is 0.970. The number of phenols is 1. The van der Waals surface area contributed by atoms with Gasteiger partial charge in [0.25, 0.3) is 0 Å². The van der Waals surface area contributed by atoms with Crippen LogP contribution in [-0.4, -0.2) is 11.7 Å². The molecule has 19 heavy (non-hydrogen) atoms. The molecule has 108 valence electrons. The molecule has 0 spiro atoms. The molecule has 0 saturated carbocycles. The molecule has 1 aromatic carbocycles. The summed E-state index contributed by atoms with van der Waals surface area (Å²) in [6, 6.07) is 5.54. The van der Waals surface area contributed by atoms with Crippen molar-refractivity contribution in [2.24, 2.45) is 0 Å². The number of rotatable bonds is 10. The Morgan fingerprint density at radius 1 is 0.947 bits per heavy atom. The van der Waals surface area contributed by atoms with Crippen LogP contribution in [0.15, 0.2) is 18.2 Å². The van der Waals surface area contributed by atoms with Crippen LogP contribution in [0.3, 0.4) is 0 Å². The molecular weight excluding hydrogens is 236 g/mol. The average Bonchev–Trinajstić information content (AvgIpc) is 2.41. The van der Waals surface area contributed by atoms with Crippen LogP contribution in [0, 0.1) is 0 Å². The van der Waals surface area contributed by atoms with Crippen LogP contribution in [-0.2, 0) is 6.42 Å². The van der Waals surface area contributed by atoms with Crippen LogP contribution in [0.1, 0.15) is 64.4 Å². The van der Waals surface area contributed by atoms with Crippen LogP contribution < -0.4 is 4.74 Å². The molecule has 0 fully saturated rings. The molecule has 1 aromatic rings. The molecule has 0 aliphatic heterocycles. The maximum absolute atomic E-state index is 9.91. The Labute approximate surface area is 117 Å². The van der Waals surface area contributed by atoms with Crippen molar-refractivity contribution in [2.75, 3.05) is 6.61 Å². The van der Waals surface area contributed by atoms with Crippen molar-refractivity contribution < 1.29 is 9.84 Å². The van der Waals surface area contributed by atoms with E-state index in [0.717, 1.165) is 24.2 Å². The van der Waals surface area contributed by atoms with Gasteiger partial charge in [-0.15, -0.1) is 0 Å². The van der Waals surface area contributed by atoms with Gasteiger partial charge in [0.15, 0.2) is 0 Å². The summed E-state index contributed by atoms with van der Waals surface area (Å²) in [7, 11) is 0. The first-order chi connectivity index (χ1) is 9.29. The van der Waals surface area contributed by atoms with E-state index < -0.39 is 0 Å². The first-order valence-corrected chi connectivity index (χ1v) is 7.73. The summed E-state index contributed by atoms with van der Waals surface area (Å²) in [5, 5.41) is 9.91. The molecule has 0 aromatic heterocycles. The zero-order valence-corrected chi connectivity index (χ0v) is 12.5. The molecule has 0 aliphatic carbocycles. The fourth-order valence-electron chi connectivity index (χ4n) is 2.35. The molecule has 1 rings (SSSR count). The number of hydrogen-bond donors (Lipinski definition) is 1. The highest BCUT2D eigenvalue weighted by Crippen LogP contribution is 2.29. The summed E-state index contributed by atoms with van der Waals surface area (Å²) in [5.74, 6) is 1.21. The topological polar surface area (TPSA) is 29.5 Å². The summed E-state index contributed by atoms with van der Waals surface area (Å²) in [4.78, 5) is 0. The van der Waals surface area contributed by atoms with Gasteiger partial charge in [0.1, 0.15) is 11.5 Å². The minimum atomic E-state index is 0.372. The van der Waals surface area contributed by atoms with Gasteiger partial charge in [0.05, 0.1) is 6.61 Å². The highest BCUT2D eigenvalue weighted by atomic mass is 16.5. The molecule has 2 heteroatoms. The lowest BCUT2D eigenvalue weighted by Crippen LogP contribution is -1.97. The fourth-order valence-corrected chi connectivity index (χ4v) is 2.35. The van der Waals surface area contributed by atoms with E-state index in [0.29, 0.717) is 12.4 Å². The monoisotopic (exact) mass is 264 g/mol. The molecule has 0 bridgehead atoms. The Hall–Kier alpha value is -1.18. The van der Waals surface area contributed by atoms with Crippen LogP contribution in [0.4, 0.5) is 0 Å². The van der Waals surface area contributed by atoms with Crippen molar-refractivity contribution in [1.82, 2.24) is 0 Å². The van der Waals surface area contributed by atoms with E-state index in [-0.39, 0.29) is 0 Å². The van der Waals surface area contributed by atoms with Gasteiger partial charge < -0.3 is 9.84 Å². The van der Waals surface area contributed by atoms with Gasteiger partial charge in [-0.3, -0.25) is 0 Å². The second kappa shape index (κ2) is 9.71. The molecule has 2 nitrogen and oxygen atoms in total. The van der Waals surface area contributed by atoms with Gasteiger partial charge in [-0.25, -0.2) is 0 Å². The lowest BCUT2D eigenvalue weighted by molar-refractivity contribution is 0.332. The van der Waals surface area contributed by atoms with Crippen molar-refractivity contribution in [3.8, 4) is 11.5 Å². The quantitative estimate of drug-likeness (QED) is 0.597. The minimum Gasteiger partial charge on any atom is -0.508 e. The standard InChI is InChI=1S/C17H28O2/c1-3-5-6-7-8-9-10-12-15-16(18)13-11-14-17(15)19-4-2/h11,13-14,18H,3-10,12H2,1-2H3. The van der Waals surface area contributed by atoms with Crippen LogP contribution in [0.2, 0.25) is 0 Å². The first kappa shape index (κ1) is 15.9. The van der Waals surface area contributed by atoms with Crippen LogP contribution in [0.25, 0.3) is 0 Å². The third-order valence-electron chi connectivity index (χ3n) is 3.44. The third-order valence-corrected chi connectivity index (χ3v) is 3.44. The second-order valence-electron chi connectivity index (χ2n) is 5.06. The fraction of sp³-hybridized carbons (Fsp3) is 0.647. The Kier molecular flexibility index (Phi) is 8.11. The van der Waals surface area contributed by atoms with Gasteiger partial charge in [0, 0.05) is 5.56 Å². The zero-order chi connectivity index (χ0) is 13.9. The lowest BCUT2D eigenvalue weighted by Gasteiger charge is -2.11. The van der Waals surface area contributed by atoms with E-state index in [1.54, 1.807) is 6.07 Å². The predicted octanol–water partition coefficient (Wildman–Crippen LogP) is 5.08. The van der Waals surface area contributed by atoms with Crippen LogP contribution >= 0.6 is 0 Å². The largest absolute Gasteiger partial charge is 0.508 e. The van der Waals surface area contributed by atoms with E-state index in [4.69, 9.17) is 4.74 Å². The number of benzene rings is 1. The first-order valence-electron chi connectivity index (χ1n) is 7.73. The number of hydrogen-bond acceptors (Lipinski definition) is 2.